The van der Waals surface area contributed by atoms with Crippen LogP contribution in [0.3, 0.4) is 0 Å². The number of aliphatic hydroxyl groups is 2. The molecule has 32 heavy (non-hydrogen) atoms. The summed E-state index contributed by atoms with van der Waals surface area (Å²) in [6.45, 7) is -0.205. The summed E-state index contributed by atoms with van der Waals surface area (Å²) >= 11 is 0. The van der Waals surface area contributed by atoms with Crippen molar-refractivity contribution < 1.29 is 19.7 Å². The Balaban J connectivity index is 0.00000289. The zero-order chi connectivity index (χ0) is 22.1. The van der Waals surface area contributed by atoms with Gasteiger partial charge in [0, 0.05) is 25.7 Å². The average molecular weight is 447 g/mol. The number of carbonyl (C=O) groups excluding carboxylic acids is 1. The predicted molar refractivity (Wildman–Crippen MR) is 115 cm³/mol. The lowest BCUT2D eigenvalue weighted by molar-refractivity contribution is -0.0459. The molecule has 172 valence electrons. The molecule has 1 aliphatic rings. The van der Waals surface area contributed by atoms with Gasteiger partial charge in [0.05, 0.1) is 23.7 Å². The summed E-state index contributed by atoms with van der Waals surface area (Å²) in [4.78, 5) is 53.7. The van der Waals surface area contributed by atoms with Crippen molar-refractivity contribution in [1.29, 1.82) is 0 Å². The molecular weight excluding hydrogens is 422 g/mol. The number of benzene rings is 1. The number of H-pyrrole nitrogens is 2. The van der Waals surface area contributed by atoms with Crippen LogP contribution in [0.2, 0.25) is 0 Å². The van der Waals surface area contributed by atoms with Crippen LogP contribution >= 0.6 is 0 Å². The smallest absolute Gasteiger partial charge is 0.330 e. The Morgan fingerprint density at radius 2 is 1.94 bits per heavy atom. The molecule has 0 saturated carbocycles. The van der Waals surface area contributed by atoms with Crippen LogP contribution in [0.15, 0.2) is 44.8 Å². The molecule has 0 bridgehead atoms. The number of hydrogen-bond acceptors (Lipinski definition) is 7. The molecule has 0 aliphatic carbocycles. The number of nitrogens with one attached hydrogen (secondary N) is 3. The number of amides is 1. The molecule has 1 aromatic carbocycles. The minimum atomic E-state index is -0.986. The Labute approximate surface area is 181 Å². The number of aliphatic hydroxyl groups excluding tert-OH is 2. The van der Waals surface area contributed by atoms with E-state index >= 15 is 0 Å². The average Bonchev–Trinajstić information content (AvgIpc) is 3.27. The van der Waals surface area contributed by atoms with E-state index in [2.05, 4.69) is 15.3 Å². The van der Waals surface area contributed by atoms with E-state index in [9.17, 15) is 29.4 Å². The summed E-state index contributed by atoms with van der Waals surface area (Å²) in [6.07, 6.45) is -1.71. The van der Waals surface area contributed by atoms with Crippen molar-refractivity contribution in [1.82, 2.24) is 24.4 Å². The molecule has 3 atom stereocenters. The van der Waals surface area contributed by atoms with Crippen LogP contribution in [-0.4, -0.2) is 60.6 Å². The number of nitrogens with zero attached hydrogens (tertiary/aromatic N) is 2. The fourth-order valence-electron chi connectivity index (χ4n) is 3.62. The van der Waals surface area contributed by atoms with Gasteiger partial charge in [-0.25, -0.2) is 9.59 Å². The fraction of sp³-hybridized carbons (Fsp3) is 0.400. The number of carbonyl (C=O) groups is 1. The van der Waals surface area contributed by atoms with Crippen molar-refractivity contribution in [2.45, 2.75) is 38.8 Å². The van der Waals surface area contributed by atoms with Crippen LogP contribution in [0.25, 0.3) is 11.0 Å². The third-order valence-corrected chi connectivity index (χ3v) is 5.21. The summed E-state index contributed by atoms with van der Waals surface area (Å²) in [5.74, 6) is -0.736. The Morgan fingerprint density at radius 1 is 1.19 bits per heavy atom. The van der Waals surface area contributed by atoms with E-state index in [0.29, 0.717) is 11.0 Å². The SMILES string of the molecule is C.O=C(NCCn1c(=O)[nH]c2ccccc21)c1cn([C@H]2CC(O)[C@@H](CO)O2)c(=O)[nH]c1=O. The fourth-order valence-corrected chi connectivity index (χ4v) is 3.62. The monoisotopic (exact) mass is 447 g/mol. The molecule has 1 amide bonds. The molecule has 1 unspecified atom stereocenters. The predicted octanol–water partition coefficient (Wildman–Crippen LogP) is -1.11. The number of ether oxygens (including phenoxy) is 1. The zero-order valence-corrected chi connectivity index (χ0v) is 16.3. The van der Waals surface area contributed by atoms with Crippen molar-refractivity contribution in [3.05, 3.63) is 67.3 Å². The first kappa shape index (κ1) is 23.2. The van der Waals surface area contributed by atoms with E-state index in [1.807, 2.05) is 0 Å². The molecule has 12 nitrogen and oxygen atoms in total. The van der Waals surface area contributed by atoms with Gasteiger partial charge in [-0.05, 0) is 12.1 Å². The standard InChI is InChI=1S/C19H21N5O7.CH4/c25-9-14-13(26)7-15(31-14)24-8-10(17(28)22-19(24)30)16(27)20-5-6-23-12-4-2-1-3-11(12)21-18(23)29;/h1-4,8,13-15,25-26H,5-7,9H2,(H,20,27)(H,21,29)(H,22,28,30);1H4/t13?,14-,15-;/m1./s1. The Hall–Kier alpha value is -3.48. The second-order valence-corrected chi connectivity index (χ2v) is 7.18. The first-order valence-electron chi connectivity index (χ1n) is 9.64. The van der Waals surface area contributed by atoms with Gasteiger partial charge in [0.15, 0.2) is 0 Å². The van der Waals surface area contributed by atoms with Gasteiger partial charge in [-0.15, -0.1) is 0 Å². The summed E-state index contributed by atoms with van der Waals surface area (Å²) in [6, 6.07) is 7.11. The highest BCUT2D eigenvalue weighted by molar-refractivity contribution is 5.93. The second kappa shape index (κ2) is 9.34. The summed E-state index contributed by atoms with van der Waals surface area (Å²) < 4.78 is 7.88. The van der Waals surface area contributed by atoms with E-state index in [1.165, 1.54) is 4.57 Å². The molecule has 1 fully saturated rings. The third-order valence-electron chi connectivity index (χ3n) is 5.21. The van der Waals surface area contributed by atoms with E-state index in [1.54, 1.807) is 24.3 Å². The topological polar surface area (TPSA) is 171 Å². The van der Waals surface area contributed by atoms with Gasteiger partial charge in [0.25, 0.3) is 11.5 Å². The lowest BCUT2D eigenvalue weighted by atomic mass is 10.2. The molecule has 4 rings (SSSR count). The molecule has 12 heteroatoms. The van der Waals surface area contributed by atoms with Crippen molar-refractivity contribution >= 4 is 16.9 Å². The lowest BCUT2D eigenvalue weighted by Gasteiger charge is -2.15. The molecular formula is C20H25N5O7. The third kappa shape index (κ3) is 4.28. The van der Waals surface area contributed by atoms with Gasteiger partial charge in [0.2, 0.25) is 0 Å². The molecule has 1 aliphatic heterocycles. The minimum absolute atomic E-state index is 0. The second-order valence-electron chi connectivity index (χ2n) is 7.18. The van der Waals surface area contributed by atoms with E-state index in [0.717, 1.165) is 10.8 Å². The largest absolute Gasteiger partial charge is 0.394 e. The van der Waals surface area contributed by atoms with Crippen LogP contribution in [0.4, 0.5) is 0 Å². The molecule has 3 aromatic rings. The van der Waals surface area contributed by atoms with Crippen LogP contribution in [0.5, 0.6) is 0 Å². The number of hydrogen-bond donors (Lipinski definition) is 5. The number of imidazole rings is 1. The lowest BCUT2D eigenvalue weighted by Crippen LogP contribution is -2.39. The molecule has 5 N–H and O–H groups in total. The molecule has 2 aromatic heterocycles. The summed E-state index contributed by atoms with van der Waals surface area (Å²) in [7, 11) is 0. The molecule has 1 saturated heterocycles. The number of aromatic nitrogens is 4. The van der Waals surface area contributed by atoms with Crippen LogP contribution in [-0.2, 0) is 11.3 Å². The number of rotatable bonds is 6. The van der Waals surface area contributed by atoms with Gasteiger partial charge in [-0.2, -0.15) is 0 Å². The first-order valence-corrected chi connectivity index (χ1v) is 9.64. The number of para-hydroxylation sites is 2. The maximum atomic E-state index is 12.5. The zero-order valence-electron chi connectivity index (χ0n) is 16.3. The maximum absolute atomic E-state index is 12.5. The Morgan fingerprint density at radius 3 is 2.66 bits per heavy atom. The van der Waals surface area contributed by atoms with Gasteiger partial charge >= 0.3 is 11.4 Å². The summed E-state index contributed by atoms with van der Waals surface area (Å²) in [5.41, 5.74) is -0.970. The van der Waals surface area contributed by atoms with Crippen LogP contribution in [0.1, 0.15) is 30.4 Å². The van der Waals surface area contributed by atoms with E-state index in [4.69, 9.17) is 4.74 Å². The normalized spacial score (nSPS) is 20.2. The van der Waals surface area contributed by atoms with Crippen molar-refractivity contribution in [2.75, 3.05) is 13.2 Å². The first-order chi connectivity index (χ1) is 14.9. The van der Waals surface area contributed by atoms with Gasteiger partial charge in [-0.3, -0.25) is 23.7 Å². The number of fused-ring (bicyclic) bond motifs is 1. The van der Waals surface area contributed by atoms with Crippen molar-refractivity contribution in [3.8, 4) is 0 Å². The molecule has 3 heterocycles. The van der Waals surface area contributed by atoms with Gasteiger partial charge in [-0.1, -0.05) is 19.6 Å². The number of aromatic amines is 2. The van der Waals surface area contributed by atoms with Crippen molar-refractivity contribution in [3.63, 3.8) is 0 Å². The highest BCUT2D eigenvalue weighted by Crippen LogP contribution is 2.27. The van der Waals surface area contributed by atoms with Gasteiger partial charge < -0.3 is 25.3 Å². The van der Waals surface area contributed by atoms with E-state index < -0.39 is 42.2 Å². The highest BCUT2D eigenvalue weighted by atomic mass is 16.5. The van der Waals surface area contributed by atoms with E-state index in [-0.39, 0.29) is 38.2 Å². The Bertz CT molecular complexity index is 1290. The summed E-state index contributed by atoms with van der Waals surface area (Å²) in [5, 5.41) is 21.6. The Kier molecular flexibility index (Phi) is 6.77. The maximum Gasteiger partial charge on any atom is 0.330 e. The van der Waals surface area contributed by atoms with Gasteiger partial charge in [0.1, 0.15) is 17.9 Å². The van der Waals surface area contributed by atoms with Crippen molar-refractivity contribution in [2.24, 2.45) is 0 Å². The highest BCUT2D eigenvalue weighted by Gasteiger charge is 2.35. The molecule has 0 radical (unpaired) electrons. The minimum Gasteiger partial charge on any atom is -0.394 e. The quantitative estimate of drug-likeness (QED) is 0.319. The van der Waals surface area contributed by atoms with Crippen LogP contribution in [0, 0.1) is 0 Å². The molecule has 0 spiro atoms. The van der Waals surface area contributed by atoms with Crippen LogP contribution < -0.4 is 22.3 Å².